The van der Waals surface area contributed by atoms with Gasteiger partial charge in [-0.2, -0.15) is 0 Å². The summed E-state index contributed by atoms with van der Waals surface area (Å²) >= 11 is 0. The number of fused-ring (bicyclic) bond motifs is 1. The minimum Gasteiger partial charge on any atom is -0.382 e. The Morgan fingerprint density at radius 2 is 2.18 bits per heavy atom. The molecule has 1 aliphatic rings. The third-order valence-electron chi connectivity index (χ3n) is 3.11. The predicted molar refractivity (Wildman–Crippen MR) is 66.7 cm³/mol. The van der Waals surface area contributed by atoms with E-state index in [1.54, 1.807) is 11.0 Å². The van der Waals surface area contributed by atoms with Crippen LogP contribution in [-0.4, -0.2) is 19.0 Å². The number of carbonyl (C=O) groups excluding carboxylic acids is 1. The van der Waals surface area contributed by atoms with E-state index in [4.69, 9.17) is 0 Å². The highest BCUT2D eigenvalue weighted by Crippen LogP contribution is 2.34. The lowest BCUT2D eigenvalue weighted by Crippen LogP contribution is -2.42. The molecule has 1 aliphatic heterocycles. The summed E-state index contributed by atoms with van der Waals surface area (Å²) in [4.78, 5) is 14.0. The summed E-state index contributed by atoms with van der Waals surface area (Å²) < 4.78 is 13.2. The number of hydrogen-bond donors (Lipinski definition) is 1. The molecule has 0 atom stereocenters. The van der Waals surface area contributed by atoms with Gasteiger partial charge in [-0.3, -0.25) is 4.79 Å². The summed E-state index contributed by atoms with van der Waals surface area (Å²) in [5.74, 6) is -0.225. The largest absolute Gasteiger partial charge is 0.382 e. The van der Waals surface area contributed by atoms with Crippen LogP contribution in [0.5, 0.6) is 0 Å². The molecule has 1 aromatic carbocycles. The molecule has 1 amide bonds. The number of anilines is 2. The van der Waals surface area contributed by atoms with Crippen molar-refractivity contribution < 1.29 is 9.18 Å². The molecule has 1 aromatic rings. The Bertz CT molecular complexity index is 457. The summed E-state index contributed by atoms with van der Waals surface area (Å²) in [5, 5.41) is 3.15. The third-order valence-corrected chi connectivity index (χ3v) is 3.11. The molecule has 0 spiro atoms. The van der Waals surface area contributed by atoms with Crippen LogP contribution in [-0.2, 0) is 4.79 Å². The first kappa shape index (κ1) is 11.9. The molecule has 17 heavy (non-hydrogen) atoms. The molecule has 0 fully saturated rings. The van der Waals surface area contributed by atoms with Gasteiger partial charge >= 0.3 is 0 Å². The van der Waals surface area contributed by atoms with Crippen LogP contribution in [0, 0.1) is 11.2 Å². The topological polar surface area (TPSA) is 32.3 Å². The van der Waals surface area contributed by atoms with Crippen molar-refractivity contribution in [2.45, 2.75) is 20.8 Å². The van der Waals surface area contributed by atoms with Crippen LogP contribution in [0.3, 0.4) is 0 Å². The second kappa shape index (κ2) is 4.02. The highest BCUT2D eigenvalue weighted by Gasteiger charge is 2.35. The van der Waals surface area contributed by atoms with Crippen LogP contribution >= 0.6 is 0 Å². The molecular weight excluding hydrogens is 219 g/mol. The number of nitrogens with zero attached hydrogens (tertiary/aromatic N) is 1. The second-order valence-electron chi connectivity index (χ2n) is 4.95. The predicted octanol–water partition coefficient (Wildman–Crippen LogP) is 2.63. The van der Waals surface area contributed by atoms with E-state index in [0.29, 0.717) is 18.8 Å². The minimum absolute atomic E-state index is 0.0675. The molecule has 1 N–H and O–H groups in total. The van der Waals surface area contributed by atoms with Crippen LogP contribution in [0.2, 0.25) is 0 Å². The van der Waals surface area contributed by atoms with Gasteiger partial charge in [-0.05, 0) is 39.0 Å². The summed E-state index contributed by atoms with van der Waals surface area (Å²) in [5.41, 5.74) is 0.959. The van der Waals surface area contributed by atoms with E-state index >= 15 is 0 Å². The van der Waals surface area contributed by atoms with Crippen molar-refractivity contribution in [3.05, 3.63) is 24.0 Å². The monoisotopic (exact) mass is 236 g/mol. The highest BCUT2D eigenvalue weighted by atomic mass is 19.1. The Morgan fingerprint density at radius 3 is 2.82 bits per heavy atom. The van der Waals surface area contributed by atoms with Gasteiger partial charge < -0.3 is 10.2 Å². The molecule has 0 aliphatic carbocycles. The normalized spacial score (nSPS) is 18.4. The smallest absolute Gasteiger partial charge is 0.234 e. The standard InChI is InChI=1S/C13H17FN2O/c1-4-16-11-6-5-9(14)7-10(11)15-8-13(2,3)12(16)17/h5-7,15H,4,8H2,1-3H3. The van der Waals surface area contributed by atoms with Gasteiger partial charge in [0.15, 0.2) is 0 Å². The number of hydrogen-bond acceptors (Lipinski definition) is 2. The molecule has 92 valence electrons. The summed E-state index contributed by atoms with van der Waals surface area (Å²) in [6.07, 6.45) is 0. The maximum absolute atomic E-state index is 13.2. The Morgan fingerprint density at radius 1 is 1.47 bits per heavy atom. The number of carbonyl (C=O) groups is 1. The summed E-state index contributed by atoms with van der Waals surface area (Å²) in [7, 11) is 0. The van der Waals surface area contributed by atoms with Gasteiger partial charge in [0.1, 0.15) is 5.82 Å². The van der Waals surface area contributed by atoms with Crippen molar-refractivity contribution in [3.8, 4) is 0 Å². The molecule has 0 unspecified atom stereocenters. The van der Waals surface area contributed by atoms with Crippen LogP contribution in [0.15, 0.2) is 18.2 Å². The zero-order valence-electron chi connectivity index (χ0n) is 10.4. The first-order chi connectivity index (χ1) is 7.95. The average molecular weight is 236 g/mol. The Hall–Kier alpha value is -1.58. The molecule has 0 aromatic heterocycles. The maximum Gasteiger partial charge on any atom is 0.234 e. The van der Waals surface area contributed by atoms with Crippen molar-refractivity contribution in [1.29, 1.82) is 0 Å². The van der Waals surface area contributed by atoms with Gasteiger partial charge in [0.25, 0.3) is 0 Å². The third kappa shape index (κ3) is 1.99. The summed E-state index contributed by atoms with van der Waals surface area (Å²) in [6.45, 7) is 6.81. The van der Waals surface area contributed by atoms with Crippen molar-refractivity contribution in [2.75, 3.05) is 23.3 Å². The minimum atomic E-state index is -0.481. The fourth-order valence-corrected chi connectivity index (χ4v) is 2.07. The van der Waals surface area contributed by atoms with E-state index < -0.39 is 5.41 Å². The lowest BCUT2D eigenvalue weighted by molar-refractivity contribution is -0.125. The van der Waals surface area contributed by atoms with Gasteiger partial charge in [-0.15, -0.1) is 0 Å². The zero-order chi connectivity index (χ0) is 12.6. The van der Waals surface area contributed by atoms with Crippen LogP contribution < -0.4 is 10.2 Å². The van der Waals surface area contributed by atoms with E-state index in [0.717, 1.165) is 5.69 Å². The Balaban J connectivity index is 2.52. The Labute approximate surface area is 101 Å². The average Bonchev–Trinajstić information content (AvgIpc) is 2.37. The fourth-order valence-electron chi connectivity index (χ4n) is 2.07. The summed E-state index contributed by atoms with van der Waals surface area (Å²) in [6, 6.07) is 4.47. The zero-order valence-corrected chi connectivity index (χ0v) is 10.4. The first-order valence-electron chi connectivity index (χ1n) is 5.81. The van der Waals surface area contributed by atoms with Gasteiger partial charge in [0.05, 0.1) is 16.8 Å². The number of nitrogens with one attached hydrogen (secondary N) is 1. The fraction of sp³-hybridized carbons (Fsp3) is 0.462. The Kier molecular flexibility index (Phi) is 2.81. The van der Waals surface area contributed by atoms with E-state index in [1.807, 2.05) is 20.8 Å². The van der Waals surface area contributed by atoms with Gasteiger partial charge in [0, 0.05) is 13.1 Å². The molecule has 3 nitrogen and oxygen atoms in total. The van der Waals surface area contributed by atoms with Gasteiger partial charge in [-0.1, -0.05) is 0 Å². The number of benzene rings is 1. The molecule has 0 saturated heterocycles. The van der Waals surface area contributed by atoms with Crippen LogP contribution in [0.25, 0.3) is 0 Å². The maximum atomic E-state index is 13.2. The van der Waals surface area contributed by atoms with Crippen LogP contribution in [0.1, 0.15) is 20.8 Å². The molecular formula is C13H17FN2O. The molecule has 0 saturated carbocycles. The lowest BCUT2D eigenvalue weighted by Gasteiger charge is -2.27. The lowest BCUT2D eigenvalue weighted by atomic mass is 9.92. The van der Waals surface area contributed by atoms with E-state index in [1.165, 1.54) is 12.1 Å². The van der Waals surface area contributed by atoms with Crippen molar-refractivity contribution in [1.82, 2.24) is 0 Å². The number of halogens is 1. The van der Waals surface area contributed by atoms with Crippen molar-refractivity contribution in [2.24, 2.45) is 5.41 Å². The molecule has 4 heteroatoms. The van der Waals surface area contributed by atoms with E-state index in [-0.39, 0.29) is 11.7 Å². The van der Waals surface area contributed by atoms with Gasteiger partial charge in [-0.25, -0.2) is 4.39 Å². The molecule has 0 radical (unpaired) electrons. The van der Waals surface area contributed by atoms with E-state index in [9.17, 15) is 9.18 Å². The molecule has 2 rings (SSSR count). The van der Waals surface area contributed by atoms with E-state index in [2.05, 4.69) is 5.32 Å². The van der Waals surface area contributed by atoms with Gasteiger partial charge in [0.2, 0.25) is 5.91 Å². The quantitative estimate of drug-likeness (QED) is 0.813. The van der Waals surface area contributed by atoms with Crippen molar-refractivity contribution in [3.63, 3.8) is 0 Å². The highest BCUT2D eigenvalue weighted by molar-refractivity contribution is 6.01. The number of rotatable bonds is 1. The first-order valence-corrected chi connectivity index (χ1v) is 5.81. The SMILES string of the molecule is CCN1C(=O)C(C)(C)CNc2cc(F)ccc21. The van der Waals surface area contributed by atoms with Crippen molar-refractivity contribution >= 4 is 17.3 Å². The molecule has 1 heterocycles. The van der Waals surface area contributed by atoms with Crippen LogP contribution in [0.4, 0.5) is 15.8 Å². The molecule has 0 bridgehead atoms. The second-order valence-corrected chi connectivity index (χ2v) is 4.95. The number of amides is 1.